The van der Waals surface area contributed by atoms with Crippen molar-refractivity contribution in [2.75, 3.05) is 13.2 Å². The summed E-state index contributed by atoms with van der Waals surface area (Å²) in [4.78, 5) is 35.4. The second kappa shape index (κ2) is 11.0. The first kappa shape index (κ1) is 21.4. The smallest absolute Gasteiger partial charge is 0.306 e. The van der Waals surface area contributed by atoms with E-state index in [1.807, 2.05) is 6.07 Å². The van der Waals surface area contributed by atoms with Gasteiger partial charge in [0.2, 0.25) is 0 Å². The second-order valence-corrected chi connectivity index (χ2v) is 6.95. The number of benzene rings is 2. The summed E-state index contributed by atoms with van der Waals surface area (Å²) < 4.78 is 4.93. The summed E-state index contributed by atoms with van der Waals surface area (Å²) in [6, 6.07) is 17.1. The third kappa shape index (κ3) is 7.35. The molecule has 0 saturated heterocycles. The quantitative estimate of drug-likeness (QED) is 0.503. The Labute approximate surface area is 166 Å². The first-order valence-electron chi connectivity index (χ1n) is 9.55. The van der Waals surface area contributed by atoms with Crippen LogP contribution in [-0.4, -0.2) is 30.8 Å². The van der Waals surface area contributed by atoms with Crippen molar-refractivity contribution in [1.82, 2.24) is 5.32 Å². The predicted molar refractivity (Wildman–Crippen MR) is 108 cm³/mol. The minimum atomic E-state index is -0.552. The molecule has 5 nitrogen and oxygen atoms in total. The van der Waals surface area contributed by atoms with Crippen molar-refractivity contribution < 1.29 is 19.1 Å². The molecule has 28 heavy (non-hydrogen) atoms. The van der Waals surface area contributed by atoms with E-state index >= 15 is 0 Å². The first-order chi connectivity index (χ1) is 13.5. The number of ketones is 1. The van der Waals surface area contributed by atoms with Gasteiger partial charge in [-0.05, 0) is 23.5 Å². The molecule has 2 aromatic rings. The third-order valence-electron chi connectivity index (χ3n) is 4.40. The van der Waals surface area contributed by atoms with Gasteiger partial charge < -0.3 is 10.1 Å². The molecule has 0 saturated carbocycles. The van der Waals surface area contributed by atoms with Gasteiger partial charge in [0, 0.05) is 18.5 Å². The van der Waals surface area contributed by atoms with Gasteiger partial charge in [0.15, 0.2) is 12.4 Å². The van der Waals surface area contributed by atoms with E-state index in [4.69, 9.17) is 4.74 Å². The van der Waals surface area contributed by atoms with Crippen LogP contribution in [0.3, 0.4) is 0 Å². The van der Waals surface area contributed by atoms with Gasteiger partial charge in [-0.2, -0.15) is 0 Å². The molecule has 1 amide bonds. The van der Waals surface area contributed by atoms with Crippen LogP contribution in [0.4, 0.5) is 0 Å². The summed E-state index contributed by atoms with van der Waals surface area (Å²) in [5, 5.41) is 2.73. The van der Waals surface area contributed by atoms with Gasteiger partial charge in [-0.3, -0.25) is 14.4 Å². The highest BCUT2D eigenvalue weighted by atomic mass is 16.5. The summed E-state index contributed by atoms with van der Waals surface area (Å²) in [5.74, 6) is -0.526. The predicted octanol–water partition coefficient (Wildman–Crippen LogP) is 3.68. The van der Waals surface area contributed by atoms with Gasteiger partial charge in [0.05, 0.1) is 6.42 Å². The van der Waals surface area contributed by atoms with Crippen LogP contribution in [0.25, 0.3) is 0 Å². The topological polar surface area (TPSA) is 72.5 Å². The van der Waals surface area contributed by atoms with E-state index in [1.54, 1.807) is 24.3 Å². The lowest BCUT2D eigenvalue weighted by Crippen LogP contribution is -2.30. The number of hydrogen-bond donors (Lipinski definition) is 1. The number of Topliss-reactive ketones (excluding diaryl/α,β-unsaturated/α-hetero) is 1. The van der Waals surface area contributed by atoms with Crippen molar-refractivity contribution >= 4 is 17.7 Å². The molecule has 0 unspecified atom stereocenters. The molecule has 0 heterocycles. The Hall–Kier alpha value is -2.95. The van der Waals surface area contributed by atoms with E-state index < -0.39 is 5.97 Å². The Kier molecular flexibility index (Phi) is 8.40. The third-order valence-corrected chi connectivity index (χ3v) is 4.40. The monoisotopic (exact) mass is 381 g/mol. The maximum Gasteiger partial charge on any atom is 0.306 e. The van der Waals surface area contributed by atoms with Crippen molar-refractivity contribution in [3.05, 3.63) is 71.3 Å². The fourth-order valence-corrected chi connectivity index (χ4v) is 2.67. The highest BCUT2D eigenvalue weighted by molar-refractivity contribution is 5.97. The van der Waals surface area contributed by atoms with Crippen LogP contribution in [0.1, 0.15) is 54.1 Å². The number of nitrogens with one attached hydrogen (secondary N) is 1. The van der Waals surface area contributed by atoms with Gasteiger partial charge in [0.25, 0.3) is 5.91 Å². The van der Waals surface area contributed by atoms with E-state index in [9.17, 15) is 14.4 Å². The number of hydrogen-bond acceptors (Lipinski definition) is 4. The van der Waals surface area contributed by atoms with Crippen LogP contribution < -0.4 is 5.32 Å². The highest BCUT2D eigenvalue weighted by Gasteiger charge is 2.11. The molecule has 2 aromatic carbocycles. The Morgan fingerprint density at radius 2 is 1.61 bits per heavy atom. The van der Waals surface area contributed by atoms with E-state index in [-0.39, 0.29) is 31.1 Å². The van der Waals surface area contributed by atoms with Crippen LogP contribution in [0.2, 0.25) is 0 Å². The summed E-state index contributed by atoms with van der Waals surface area (Å²) in [6.45, 7) is 4.44. The maximum atomic E-state index is 11.9. The molecule has 0 aliphatic rings. The van der Waals surface area contributed by atoms with Gasteiger partial charge in [-0.1, -0.05) is 68.4 Å². The molecule has 0 aliphatic heterocycles. The number of carbonyl (C=O) groups excluding carboxylic acids is 3. The van der Waals surface area contributed by atoms with Crippen molar-refractivity contribution in [3.63, 3.8) is 0 Å². The van der Waals surface area contributed by atoms with Crippen LogP contribution in [0.15, 0.2) is 54.6 Å². The average molecular weight is 381 g/mol. The first-order valence-corrected chi connectivity index (χ1v) is 9.55. The number of ether oxygens (including phenoxy) is 1. The number of amides is 1. The Balaban J connectivity index is 1.61. The zero-order valence-electron chi connectivity index (χ0n) is 16.4. The Bertz CT molecular complexity index is 782. The van der Waals surface area contributed by atoms with E-state index in [0.717, 1.165) is 5.56 Å². The largest absolute Gasteiger partial charge is 0.456 e. The minimum Gasteiger partial charge on any atom is -0.456 e. The van der Waals surface area contributed by atoms with Gasteiger partial charge in [-0.25, -0.2) is 0 Å². The number of carbonyl (C=O) groups is 3. The van der Waals surface area contributed by atoms with Gasteiger partial charge in [-0.15, -0.1) is 0 Å². The zero-order valence-corrected chi connectivity index (χ0v) is 16.4. The molecule has 5 heteroatoms. The Morgan fingerprint density at radius 1 is 0.929 bits per heavy atom. The summed E-state index contributed by atoms with van der Waals surface area (Å²) in [6.07, 6.45) is 0.740. The van der Waals surface area contributed by atoms with Gasteiger partial charge >= 0.3 is 5.97 Å². The summed E-state index contributed by atoms with van der Waals surface area (Å²) in [7, 11) is 0. The van der Waals surface area contributed by atoms with Gasteiger partial charge in [0.1, 0.15) is 0 Å². The lowest BCUT2D eigenvalue weighted by Gasteiger charge is -2.08. The number of rotatable bonds is 10. The molecule has 0 spiro atoms. The zero-order chi connectivity index (χ0) is 20.4. The maximum absolute atomic E-state index is 11.9. The fourth-order valence-electron chi connectivity index (χ4n) is 2.67. The molecule has 0 aliphatic carbocycles. The molecule has 0 bridgehead atoms. The molecule has 148 valence electrons. The second-order valence-electron chi connectivity index (χ2n) is 6.95. The summed E-state index contributed by atoms with van der Waals surface area (Å²) >= 11 is 0. The van der Waals surface area contributed by atoms with Crippen LogP contribution >= 0.6 is 0 Å². The molecule has 1 N–H and O–H groups in total. The van der Waals surface area contributed by atoms with Crippen LogP contribution in [0.5, 0.6) is 0 Å². The van der Waals surface area contributed by atoms with Crippen molar-refractivity contribution in [3.8, 4) is 0 Å². The lowest BCUT2D eigenvalue weighted by atomic mass is 10.0. The highest BCUT2D eigenvalue weighted by Crippen LogP contribution is 2.14. The SMILES string of the molecule is CC(C)c1ccc(CCNC(=O)COC(=O)CCC(=O)c2ccccc2)cc1. The molecule has 0 aromatic heterocycles. The molecule has 0 atom stereocenters. The van der Waals surface area contributed by atoms with Crippen molar-refractivity contribution in [2.24, 2.45) is 0 Å². The van der Waals surface area contributed by atoms with E-state index in [2.05, 4.69) is 43.4 Å². The van der Waals surface area contributed by atoms with E-state index in [0.29, 0.717) is 24.4 Å². The van der Waals surface area contributed by atoms with Crippen molar-refractivity contribution in [2.45, 2.75) is 39.0 Å². The van der Waals surface area contributed by atoms with Crippen LogP contribution in [0, 0.1) is 0 Å². The van der Waals surface area contributed by atoms with Crippen molar-refractivity contribution in [1.29, 1.82) is 0 Å². The molecular formula is C23H27NO4. The Morgan fingerprint density at radius 3 is 2.25 bits per heavy atom. The summed E-state index contributed by atoms with van der Waals surface area (Å²) in [5.41, 5.74) is 2.99. The number of esters is 1. The molecule has 0 radical (unpaired) electrons. The van der Waals surface area contributed by atoms with E-state index in [1.165, 1.54) is 5.56 Å². The molecule has 2 rings (SSSR count). The minimum absolute atomic E-state index is 0.0385. The molecular weight excluding hydrogens is 354 g/mol. The average Bonchev–Trinajstić information content (AvgIpc) is 2.71. The van der Waals surface area contributed by atoms with Crippen LogP contribution in [-0.2, 0) is 20.7 Å². The fraction of sp³-hybridized carbons (Fsp3) is 0.348. The normalized spacial score (nSPS) is 10.5. The molecule has 0 fully saturated rings. The lowest BCUT2D eigenvalue weighted by molar-refractivity contribution is -0.148. The standard InChI is InChI=1S/C23H27NO4/c1-17(2)19-10-8-18(9-11-19)14-15-24-22(26)16-28-23(27)13-12-21(25)20-6-4-3-5-7-20/h3-11,17H,12-16H2,1-2H3,(H,24,26).